The number of aryl methyl sites for hydroxylation is 2. The Labute approximate surface area is 132 Å². The van der Waals surface area contributed by atoms with Crippen molar-refractivity contribution in [2.75, 3.05) is 45.9 Å². The monoisotopic (exact) mass is 306 g/mol. The van der Waals surface area contributed by atoms with Gasteiger partial charge in [-0.3, -0.25) is 9.80 Å². The highest BCUT2D eigenvalue weighted by atomic mass is 16.5. The minimum absolute atomic E-state index is 0.0126. The van der Waals surface area contributed by atoms with E-state index in [4.69, 9.17) is 9.84 Å². The minimum atomic E-state index is -0.488. The Hall–Kier alpha value is -1.14. The second-order valence-corrected chi connectivity index (χ2v) is 6.42. The van der Waals surface area contributed by atoms with Crippen molar-refractivity contribution < 1.29 is 14.9 Å². The Bertz CT molecular complexity index is 527. The summed E-state index contributed by atoms with van der Waals surface area (Å²) in [4.78, 5) is 4.63. The van der Waals surface area contributed by atoms with Crippen molar-refractivity contribution in [1.29, 1.82) is 0 Å². The van der Waals surface area contributed by atoms with Crippen molar-refractivity contribution >= 4 is 0 Å². The zero-order chi connectivity index (χ0) is 15.7. The van der Waals surface area contributed by atoms with Crippen LogP contribution in [0.4, 0.5) is 0 Å². The van der Waals surface area contributed by atoms with Gasteiger partial charge in [0.25, 0.3) is 0 Å². The lowest BCUT2D eigenvalue weighted by Crippen LogP contribution is -2.52. The van der Waals surface area contributed by atoms with Gasteiger partial charge < -0.3 is 14.9 Å². The minimum Gasteiger partial charge on any atom is -0.490 e. The summed E-state index contributed by atoms with van der Waals surface area (Å²) in [5.74, 6) is 0.943. The van der Waals surface area contributed by atoms with Crippen molar-refractivity contribution in [2.45, 2.75) is 26.0 Å². The fraction of sp³-hybridized carbons (Fsp3) is 0.647. The normalized spacial score (nSPS) is 26.5. The first kappa shape index (κ1) is 15.7. The molecule has 0 aromatic heterocycles. The number of nitrogens with zero attached hydrogens (tertiary/aromatic N) is 2. The zero-order valence-electron chi connectivity index (χ0n) is 13.5. The number of hydrogen-bond acceptors (Lipinski definition) is 5. The first-order chi connectivity index (χ1) is 10.6. The molecule has 2 heterocycles. The van der Waals surface area contributed by atoms with E-state index in [0.717, 1.165) is 49.6 Å². The van der Waals surface area contributed by atoms with E-state index in [1.54, 1.807) is 0 Å². The molecule has 5 nitrogen and oxygen atoms in total. The molecule has 2 N–H and O–H groups in total. The molecule has 0 radical (unpaired) electrons. The number of aliphatic hydroxyl groups is 2. The molecule has 2 unspecified atom stereocenters. The molecule has 2 aliphatic rings. The molecule has 0 amide bonds. The van der Waals surface area contributed by atoms with E-state index in [9.17, 15) is 5.11 Å². The summed E-state index contributed by atoms with van der Waals surface area (Å²) in [6.45, 7) is 9.15. The first-order valence-electron chi connectivity index (χ1n) is 8.09. The van der Waals surface area contributed by atoms with Crippen molar-refractivity contribution in [3.05, 3.63) is 28.8 Å². The largest absolute Gasteiger partial charge is 0.490 e. The molecule has 2 aliphatic heterocycles. The van der Waals surface area contributed by atoms with E-state index in [1.165, 1.54) is 5.56 Å². The van der Waals surface area contributed by atoms with Gasteiger partial charge in [0.05, 0.1) is 12.6 Å². The predicted molar refractivity (Wildman–Crippen MR) is 85.3 cm³/mol. The number of benzene rings is 1. The first-order valence-corrected chi connectivity index (χ1v) is 8.09. The van der Waals surface area contributed by atoms with Crippen molar-refractivity contribution in [3.8, 4) is 5.75 Å². The van der Waals surface area contributed by atoms with Crippen LogP contribution in [0, 0.1) is 13.8 Å². The molecule has 0 aliphatic carbocycles. The summed E-state index contributed by atoms with van der Waals surface area (Å²) in [5.41, 5.74) is 3.47. The summed E-state index contributed by atoms with van der Waals surface area (Å²) < 4.78 is 5.78. The van der Waals surface area contributed by atoms with E-state index in [-0.39, 0.29) is 12.6 Å². The molecule has 22 heavy (non-hydrogen) atoms. The average Bonchev–Trinajstić information content (AvgIpc) is 2.48. The number of β-amino-alcohol motifs (C(OH)–C–C–N with tert-alkyl or cyclic N) is 1. The van der Waals surface area contributed by atoms with Crippen LogP contribution < -0.4 is 4.74 Å². The predicted octanol–water partition coefficient (Wildman–Crippen LogP) is 0.708. The molecule has 1 aromatic rings. The number of aliphatic hydroxyl groups excluding tert-OH is 2. The number of ether oxygens (including phenoxy) is 1. The number of piperazine rings is 1. The topological polar surface area (TPSA) is 56.2 Å². The maximum absolute atomic E-state index is 10.5. The molecule has 2 atom stereocenters. The number of rotatable bonds is 3. The van der Waals surface area contributed by atoms with Crippen molar-refractivity contribution in [2.24, 2.45) is 0 Å². The molecular weight excluding hydrogens is 280 g/mol. The van der Waals surface area contributed by atoms with Crippen LogP contribution in [0.5, 0.6) is 5.75 Å². The van der Waals surface area contributed by atoms with Gasteiger partial charge in [-0.15, -0.1) is 0 Å². The smallest absolute Gasteiger partial charge is 0.127 e. The standard InChI is InChI=1S/C17H26N2O3/c1-12-9-13(2)17-14(10-12)16(15(21)11-22-17)19-5-3-18(4-6-19)7-8-20/h9-10,15-16,20-21H,3-8,11H2,1-2H3. The number of fused-ring (bicyclic) bond motifs is 1. The Balaban J connectivity index is 1.83. The fourth-order valence-electron chi connectivity index (χ4n) is 3.72. The van der Waals surface area contributed by atoms with Crippen LogP contribution in [-0.2, 0) is 0 Å². The lowest BCUT2D eigenvalue weighted by Gasteiger charge is -2.43. The van der Waals surface area contributed by atoms with Gasteiger partial charge in [-0.05, 0) is 19.4 Å². The van der Waals surface area contributed by atoms with E-state index in [2.05, 4.69) is 35.8 Å². The summed E-state index contributed by atoms with van der Waals surface area (Å²) in [7, 11) is 0. The second kappa shape index (κ2) is 6.54. The molecule has 1 saturated heterocycles. The molecule has 3 rings (SSSR count). The zero-order valence-corrected chi connectivity index (χ0v) is 13.5. The third-order valence-corrected chi connectivity index (χ3v) is 4.75. The summed E-state index contributed by atoms with van der Waals surface area (Å²) >= 11 is 0. The highest BCUT2D eigenvalue weighted by molar-refractivity contribution is 5.47. The SMILES string of the molecule is Cc1cc(C)c2c(c1)C(N1CCN(CCO)CC1)C(O)CO2. The van der Waals surface area contributed by atoms with Gasteiger partial charge >= 0.3 is 0 Å². The Morgan fingerprint density at radius 1 is 1.18 bits per heavy atom. The molecule has 0 bridgehead atoms. The van der Waals surface area contributed by atoms with Crippen LogP contribution in [0.15, 0.2) is 12.1 Å². The lowest BCUT2D eigenvalue weighted by molar-refractivity contribution is -0.0196. The summed E-state index contributed by atoms with van der Waals surface area (Å²) in [6.07, 6.45) is -0.488. The maximum Gasteiger partial charge on any atom is 0.127 e. The molecule has 1 fully saturated rings. The Kier molecular flexibility index (Phi) is 4.68. The highest BCUT2D eigenvalue weighted by Gasteiger charge is 2.36. The lowest BCUT2D eigenvalue weighted by atomic mass is 9.92. The van der Waals surface area contributed by atoms with E-state index >= 15 is 0 Å². The Morgan fingerprint density at radius 2 is 1.91 bits per heavy atom. The third-order valence-electron chi connectivity index (χ3n) is 4.75. The molecule has 0 saturated carbocycles. The van der Waals surface area contributed by atoms with Gasteiger partial charge in [-0.1, -0.05) is 17.7 Å². The molecule has 0 spiro atoms. The van der Waals surface area contributed by atoms with E-state index < -0.39 is 6.10 Å². The van der Waals surface area contributed by atoms with E-state index in [0.29, 0.717) is 6.61 Å². The quantitative estimate of drug-likeness (QED) is 0.861. The van der Waals surface area contributed by atoms with Gasteiger partial charge in [0, 0.05) is 38.3 Å². The van der Waals surface area contributed by atoms with Gasteiger partial charge in [-0.2, -0.15) is 0 Å². The summed E-state index contributed by atoms with van der Waals surface area (Å²) in [6, 6.07) is 4.29. The van der Waals surface area contributed by atoms with Gasteiger partial charge in [0.15, 0.2) is 0 Å². The van der Waals surface area contributed by atoms with Gasteiger partial charge in [-0.25, -0.2) is 0 Å². The van der Waals surface area contributed by atoms with E-state index in [1.807, 2.05) is 0 Å². The van der Waals surface area contributed by atoms with Crippen LogP contribution in [0.25, 0.3) is 0 Å². The molecule has 5 heteroatoms. The van der Waals surface area contributed by atoms with Crippen LogP contribution in [0.1, 0.15) is 22.7 Å². The molecule has 1 aromatic carbocycles. The second-order valence-electron chi connectivity index (χ2n) is 6.42. The van der Waals surface area contributed by atoms with Crippen LogP contribution >= 0.6 is 0 Å². The maximum atomic E-state index is 10.5. The number of hydrogen-bond donors (Lipinski definition) is 2. The Morgan fingerprint density at radius 3 is 2.59 bits per heavy atom. The summed E-state index contributed by atoms with van der Waals surface area (Å²) in [5, 5.41) is 19.6. The average molecular weight is 306 g/mol. The van der Waals surface area contributed by atoms with Crippen LogP contribution in [0.3, 0.4) is 0 Å². The van der Waals surface area contributed by atoms with Crippen LogP contribution in [-0.4, -0.2) is 72.1 Å². The van der Waals surface area contributed by atoms with Crippen molar-refractivity contribution in [3.63, 3.8) is 0 Å². The van der Waals surface area contributed by atoms with Crippen molar-refractivity contribution in [1.82, 2.24) is 9.80 Å². The third kappa shape index (κ3) is 2.99. The van der Waals surface area contributed by atoms with Gasteiger partial charge in [0.2, 0.25) is 0 Å². The van der Waals surface area contributed by atoms with Crippen LogP contribution in [0.2, 0.25) is 0 Å². The molecular formula is C17H26N2O3. The fourth-order valence-corrected chi connectivity index (χ4v) is 3.72. The highest BCUT2D eigenvalue weighted by Crippen LogP contribution is 2.39. The van der Waals surface area contributed by atoms with Gasteiger partial charge in [0.1, 0.15) is 18.5 Å². The molecule has 122 valence electrons.